The molecule has 0 saturated heterocycles. The van der Waals surface area contributed by atoms with Gasteiger partial charge in [-0.3, -0.25) is 5.10 Å². The van der Waals surface area contributed by atoms with Crippen LogP contribution in [0.1, 0.15) is 30.2 Å². The summed E-state index contributed by atoms with van der Waals surface area (Å²) in [4.78, 5) is 4.11. The van der Waals surface area contributed by atoms with E-state index in [1.165, 1.54) is 0 Å². The molecule has 2 rings (SSSR count). The van der Waals surface area contributed by atoms with Crippen LogP contribution in [0.5, 0.6) is 11.5 Å². The monoisotopic (exact) mass is 278 g/mol. The number of ether oxygens (including phenoxy) is 2. The summed E-state index contributed by atoms with van der Waals surface area (Å²) >= 11 is 0. The molecule has 1 unspecified atom stereocenters. The van der Waals surface area contributed by atoms with E-state index in [1.54, 1.807) is 19.2 Å². The first kappa shape index (κ1) is 14.3. The Kier molecular flexibility index (Phi) is 4.54. The topological polar surface area (TPSA) is 106 Å². The summed E-state index contributed by atoms with van der Waals surface area (Å²) in [5.41, 5.74) is 6.91. The van der Waals surface area contributed by atoms with E-state index < -0.39 is 6.04 Å². The van der Waals surface area contributed by atoms with Crippen molar-refractivity contribution < 1.29 is 14.6 Å². The maximum absolute atomic E-state index is 8.97. The highest BCUT2D eigenvalue weighted by atomic mass is 16.5. The van der Waals surface area contributed by atoms with E-state index in [-0.39, 0.29) is 6.61 Å². The largest absolute Gasteiger partial charge is 0.493 e. The Balaban J connectivity index is 2.27. The standard InChI is InChI=1S/C13H18N4O3/c1-3-20-9-5-4-8(6-10(9)19-2)12(14)13-15-11(7-18)16-17-13/h4-6,12,18H,3,7,14H2,1-2H3,(H,15,16,17). The molecule has 108 valence electrons. The number of aromatic nitrogens is 3. The fraction of sp³-hybridized carbons (Fsp3) is 0.385. The molecule has 0 aliphatic rings. The maximum atomic E-state index is 8.97. The van der Waals surface area contributed by atoms with Crippen molar-refractivity contribution in [1.82, 2.24) is 15.2 Å². The van der Waals surface area contributed by atoms with E-state index in [0.29, 0.717) is 29.8 Å². The number of hydrogen-bond donors (Lipinski definition) is 3. The lowest BCUT2D eigenvalue weighted by Crippen LogP contribution is -2.14. The van der Waals surface area contributed by atoms with Crippen LogP contribution in [0.3, 0.4) is 0 Å². The molecule has 0 aliphatic heterocycles. The second kappa shape index (κ2) is 6.36. The number of H-pyrrole nitrogens is 1. The maximum Gasteiger partial charge on any atom is 0.171 e. The number of rotatable bonds is 6. The van der Waals surface area contributed by atoms with Gasteiger partial charge in [0.25, 0.3) is 0 Å². The van der Waals surface area contributed by atoms with Gasteiger partial charge in [-0.1, -0.05) is 6.07 Å². The van der Waals surface area contributed by atoms with Crippen LogP contribution >= 0.6 is 0 Å². The van der Waals surface area contributed by atoms with Gasteiger partial charge in [-0.15, -0.1) is 0 Å². The first-order valence-electron chi connectivity index (χ1n) is 6.28. The molecule has 0 spiro atoms. The van der Waals surface area contributed by atoms with Gasteiger partial charge in [0.05, 0.1) is 19.8 Å². The van der Waals surface area contributed by atoms with Crippen molar-refractivity contribution in [2.75, 3.05) is 13.7 Å². The van der Waals surface area contributed by atoms with Crippen LogP contribution in [0.2, 0.25) is 0 Å². The Morgan fingerprint density at radius 3 is 2.80 bits per heavy atom. The molecule has 7 nitrogen and oxygen atoms in total. The number of hydrogen-bond acceptors (Lipinski definition) is 6. The summed E-state index contributed by atoms with van der Waals surface area (Å²) in [7, 11) is 1.57. The Morgan fingerprint density at radius 2 is 2.20 bits per heavy atom. The van der Waals surface area contributed by atoms with Crippen molar-refractivity contribution in [3.63, 3.8) is 0 Å². The van der Waals surface area contributed by atoms with Crippen LogP contribution in [0.15, 0.2) is 18.2 Å². The van der Waals surface area contributed by atoms with Gasteiger partial charge in [0.1, 0.15) is 12.4 Å². The second-order valence-corrected chi connectivity index (χ2v) is 4.12. The molecule has 0 bridgehead atoms. The number of nitrogens with two attached hydrogens (primary N) is 1. The summed E-state index contributed by atoms with van der Waals surface area (Å²) in [6.07, 6.45) is 0. The zero-order chi connectivity index (χ0) is 14.5. The van der Waals surface area contributed by atoms with E-state index in [2.05, 4.69) is 15.2 Å². The van der Waals surface area contributed by atoms with Gasteiger partial charge in [0.2, 0.25) is 0 Å². The Hall–Kier alpha value is -2.12. The molecule has 0 fully saturated rings. The zero-order valence-corrected chi connectivity index (χ0v) is 11.5. The summed E-state index contributed by atoms with van der Waals surface area (Å²) in [6, 6.07) is 4.94. The quantitative estimate of drug-likeness (QED) is 0.720. The van der Waals surface area contributed by atoms with Crippen LogP contribution in [0.4, 0.5) is 0 Å². The van der Waals surface area contributed by atoms with Crippen LogP contribution in [-0.2, 0) is 6.61 Å². The molecular formula is C13H18N4O3. The van der Waals surface area contributed by atoms with Crippen LogP contribution in [0.25, 0.3) is 0 Å². The normalized spacial score (nSPS) is 12.2. The van der Waals surface area contributed by atoms with Gasteiger partial charge in [-0.2, -0.15) is 5.10 Å². The van der Waals surface area contributed by atoms with Crippen molar-refractivity contribution in [3.8, 4) is 11.5 Å². The highest BCUT2D eigenvalue weighted by Crippen LogP contribution is 2.30. The third-order valence-electron chi connectivity index (χ3n) is 2.82. The number of aliphatic hydroxyl groups excluding tert-OH is 1. The smallest absolute Gasteiger partial charge is 0.171 e. The predicted molar refractivity (Wildman–Crippen MR) is 72.5 cm³/mol. The number of benzene rings is 1. The molecule has 2 aromatic rings. The predicted octanol–water partition coefficient (Wildman–Crippen LogP) is 0.752. The van der Waals surface area contributed by atoms with Crippen molar-refractivity contribution in [2.24, 2.45) is 5.73 Å². The molecule has 1 aromatic heterocycles. The number of aliphatic hydroxyl groups is 1. The Morgan fingerprint density at radius 1 is 1.40 bits per heavy atom. The molecule has 4 N–H and O–H groups in total. The van der Waals surface area contributed by atoms with Crippen molar-refractivity contribution in [2.45, 2.75) is 19.6 Å². The van der Waals surface area contributed by atoms with Crippen LogP contribution in [0, 0.1) is 0 Å². The van der Waals surface area contributed by atoms with Gasteiger partial charge < -0.3 is 20.3 Å². The molecule has 0 radical (unpaired) electrons. The molecule has 1 aromatic carbocycles. The number of methoxy groups -OCH3 is 1. The fourth-order valence-corrected chi connectivity index (χ4v) is 1.82. The molecule has 0 amide bonds. The second-order valence-electron chi connectivity index (χ2n) is 4.12. The number of aromatic amines is 1. The van der Waals surface area contributed by atoms with E-state index in [4.69, 9.17) is 20.3 Å². The highest BCUT2D eigenvalue weighted by Gasteiger charge is 2.16. The van der Waals surface area contributed by atoms with Gasteiger partial charge in [0, 0.05) is 0 Å². The summed E-state index contributed by atoms with van der Waals surface area (Å²) in [6.45, 7) is 2.26. The van der Waals surface area contributed by atoms with E-state index in [9.17, 15) is 0 Å². The lowest BCUT2D eigenvalue weighted by atomic mass is 10.1. The van der Waals surface area contributed by atoms with Crippen LogP contribution in [-0.4, -0.2) is 34.0 Å². The number of nitrogens with zero attached hydrogens (tertiary/aromatic N) is 2. The number of nitrogens with one attached hydrogen (secondary N) is 1. The third kappa shape index (κ3) is 2.89. The Bertz CT molecular complexity index is 570. The summed E-state index contributed by atoms with van der Waals surface area (Å²) in [5.74, 6) is 2.07. The van der Waals surface area contributed by atoms with Crippen molar-refractivity contribution in [1.29, 1.82) is 0 Å². The molecule has 7 heteroatoms. The lowest BCUT2D eigenvalue weighted by molar-refractivity contribution is 0.271. The first-order chi connectivity index (χ1) is 9.69. The third-order valence-corrected chi connectivity index (χ3v) is 2.82. The molecular weight excluding hydrogens is 260 g/mol. The summed E-state index contributed by atoms with van der Waals surface area (Å²) in [5, 5.41) is 15.6. The molecule has 0 aliphatic carbocycles. The minimum atomic E-state index is -0.504. The highest BCUT2D eigenvalue weighted by molar-refractivity contribution is 5.44. The Labute approximate surface area is 116 Å². The summed E-state index contributed by atoms with van der Waals surface area (Å²) < 4.78 is 10.7. The SMILES string of the molecule is CCOc1ccc(C(N)c2n[nH]c(CO)n2)cc1OC. The minimum Gasteiger partial charge on any atom is -0.493 e. The van der Waals surface area contributed by atoms with E-state index >= 15 is 0 Å². The molecule has 20 heavy (non-hydrogen) atoms. The van der Waals surface area contributed by atoms with Crippen LogP contribution < -0.4 is 15.2 Å². The average molecular weight is 278 g/mol. The minimum absolute atomic E-state index is 0.202. The van der Waals surface area contributed by atoms with Crippen molar-refractivity contribution in [3.05, 3.63) is 35.4 Å². The van der Waals surface area contributed by atoms with E-state index in [1.807, 2.05) is 13.0 Å². The zero-order valence-electron chi connectivity index (χ0n) is 11.5. The molecule has 1 atom stereocenters. The van der Waals surface area contributed by atoms with Gasteiger partial charge in [-0.05, 0) is 24.6 Å². The van der Waals surface area contributed by atoms with E-state index in [0.717, 1.165) is 5.56 Å². The first-order valence-corrected chi connectivity index (χ1v) is 6.28. The van der Waals surface area contributed by atoms with Gasteiger partial charge in [-0.25, -0.2) is 4.98 Å². The lowest BCUT2D eigenvalue weighted by Gasteiger charge is -2.13. The van der Waals surface area contributed by atoms with Gasteiger partial charge in [0.15, 0.2) is 17.3 Å². The molecule has 1 heterocycles. The average Bonchev–Trinajstić information content (AvgIpc) is 2.96. The van der Waals surface area contributed by atoms with Gasteiger partial charge >= 0.3 is 0 Å². The fourth-order valence-electron chi connectivity index (χ4n) is 1.82. The molecule has 0 saturated carbocycles. The van der Waals surface area contributed by atoms with Crippen molar-refractivity contribution >= 4 is 0 Å².